The van der Waals surface area contributed by atoms with Crippen LogP contribution in [0.5, 0.6) is 0 Å². The standard InChI is InChI=1S/C28H40Cl2N2O7/c1-4-7-21(5-2)27(3)37-28(39-38-27)13-6-8-23(19-28)36-26(35)31-24(25(33)34)18-20-9-11-22(12-10-20)32(16-14-29)17-15-30/h4,9-12,21,23-24H,1,5-8,13-19H2,2-3H3,(H,31,35)(H,33,34)/t21?,23?,24-,27+,28+/m0/s1. The number of rotatable bonds is 14. The van der Waals surface area contributed by atoms with E-state index in [2.05, 4.69) is 23.7 Å². The summed E-state index contributed by atoms with van der Waals surface area (Å²) >= 11 is 11.8. The maximum atomic E-state index is 12.7. The van der Waals surface area contributed by atoms with Gasteiger partial charge >= 0.3 is 12.1 Å². The fraction of sp³-hybridized carbons (Fsp3) is 0.643. The van der Waals surface area contributed by atoms with Crippen molar-refractivity contribution in [2.24, 2.45) is 5.92 Å². The largest absolute Gasteiger partial charge is 0.480 e. The van der Waals surface area contributed by atoms with Crippen LogP contribution in [0, 0.1) is 5.92 Å². The fourth-order valence-electron chi connectivity index (χ4n) is 5.27. The molecule has 0 radical (unpaired) electrons. The van der Waals surface area contributed by atoms with E-state index >= 15 is 0 Å². The third-order valence-corrected chi connectivity index (χ3v) is 7.71. The van der Waals surface area contributed by atoms with Gasteiger partial charge in [-0.05, 0) is 50.3 Å². The van der Waals surface area contributed by atoms with Crippen LogP contribution in [0.1, 0.15) is 57.9 Å². The van der Waals surface area contributed by atoms with E-state index < -0.39 is 35.8 Å². The lowest BCUT2D eigenvalue weighted by atomic mass is 9.89. The second-order valence-electron chi connectivity index (χ2n) is 10.2. The number of carboxylic acids is 1. The second-order valence-corrected chi connectivity index (χ2v) is 11.0. The second kappa shape index (κ2) is 14.6. The SMILES string of the molecule is C=CCC(CC)[C@@]1(C)OO[C@@]2(CCCC(OC(=O)N[C@@H](Cc3ccc(N(CCCl)CCCl)cc3)C(=O)O)C2)O1. The van der Waals surface area contributed by atoms with Crippen molar-refractivity contribution >= 4 is 41.0 Å². The van der Waals surface area contributed by atoms with E-state index in [0.29, 0.717) is 57.0 Å². The molecule has 1 spiro atoms. The van der Waals surface area contributed by atoms with Crippen LogP contribution < -0.4 is 10.2 Å². The van der Waals surface area contributed by atoms with Gasteiger partial charge in [0, 0.05) is 55.7 Å². The van der Waals surface area contributed by atoms with Crippen molar-refractivity contribution in [3.63, 3.8) is 0 Å². The van der Waals surface area contributed by atoms with Crippen molar-refractivity contribution in [2.75, 3.05) is 29.7 Å². The first-order chi connectivity index (χ1) is 18.7. The molecule has 11 heteroatoms. The number of nitrogens with zero attached hydrogens (tertiary/aromatic N) is 1. The number of alkyl carbamates (subject to hydrolysis) is 1. The number of benzene rings is 1. The van der Waals surface area contributed by atoms with Crippen molar-refractivity contribution in [3.8, 4) is 0 Å². The van der Waals surface area contributed by atoms with E-state index in [4.69, 9.17) is 42.5 Å². The molecule has 5 atom stereocenters. The molecule has 2 N–H and O–H groups in total. The van der Waals surface area contributed by atoms with Crippen LogP contribution in [0.15, 0.2) is 36.9 Å². The Morgan fingerprint density at radius 2 is 1.95 bits per heavy atom. The Hall–Kier alpha value is -2.04. The first-order valence-electron chi connectivity index (χ1n) is 13.5. The van der Waals surface area contributed by atoms with E-state index in [1.165, 1.54) is 0 Å². The number of carboxylic acid groups (broad SMARTS) is 1. The van der Waals surface area contributed by atoms with E-state index in [0.717, 1.165) is 17.7 Å². The Morgan fingerprint density at radius 1 is 1.26 bits per heavy atom. The first kappa shape index (κ1) is 31.5. The summed E-state index contributed by atoms with van der Waals surface area (Å²) in [6.07, 6.45) is 4.39. The predicted molar refractivity (Wildman–Crippen MR) is 150 cm³/mol. The van der Waals surface area contributed by atoms with E-state index in [9.17, 15) is 14.7 Å². The van der Waals surface area contributed by atoms with Gasteiger partial charge in [-0.15, -0.1) is 29.8 Å². The van der Waals surface area contributed by atoms with Crippen LogP contribution in [-0.4, -0.2) is 65.7 Å². The normalized spacial score (nSPS) is 26.1. The van der Waals surface area contributed by atoms with Crippen LogP contribution >= 0.6 is 23.2 Å². The van der Waals surface area contributed by atoms with Crippen molar-refractivity contribution in [1.29, 1.82) is 0 Å². The summed E-state index contributed by atoms with van der Waals surface area (Å²) < 4.78 is 12.0. The van der Waals surface area contributed by atoms with Crippen molar-refractivity contribution in [2.45, 2.75) is 82.5 Å². The zero-order valence-electron chi connectivity index (χ0n) is 22.7. The molecular weight excluding hydrogens is 547 g/mol. The quantitative estimate of drug-likeness (QED) is 0.164. The van der Waals surface area contributed by atoms with Crippen molar-refractivity contribution in [1.82, 2.24) is 5.32 Å². The average Bonchev–Trinajstić information content (AvgIpc) is 3.23. The van der Waals surface area contributed by atoms with E-state index in [1.54, 1.807) is 0 Å². The number of alkyl halides is 2. The molecule has 218 valence electrons. The molecule has 39 heavy (non-hydrogen) atoms. The number of aliphatic carboxylic acids is 1. The van der Waals surface area contributed by atoms with Crippen molar-refractivity contribution in [3.05, 3.63) is 42.5 Å². The van der Waals surface area contributed by atoms with Crippen molar-refractivity contribution < 1.29 is 33.9 Å². The van der Waals surface area contributed by atoms with Gasteiger partial charge < -0.3 is 24.8 Å². The molecule has 1 aromatic rings. The predicted octanol–water partition coefficient (Wildman–Crippen LogP) is 5.63. The van der Waals surface area contributed by atoms with Gasteiger partial charge in [-0.3, -0.25) is 0 Å². The molecule has 0 bridgehead atoms. The van der Waals surface area contributed by atoms with Gasteiger partial charge in [-0.2, -0.15) is 9.78 Å². The maximum absolute atomic E-state index is 12.7. The molecule has 1 saturated heterocycles. The molecule has 2 unspecified atom stereocenters. The molecule has 1 aromatic carbocycles. The molecule has 9 nitrogen and oxygen atoms in total. The van der Waals surface area contributed by atoms with Gasteiger partial charge in [0.1, 0.15) is 12.1 Å². The molecule has 2 aliphatic rings. The van der Waals surface area contributed by atoms with Gasteiger partial charge in [0.25, 0.3) is 0 Å². The Labute approximate surface area is 240 Å². The highest BCUT2D eigenvalue weighted by molar-refractivity contribution is 6.18. The lowest BCUT2D eigenvalue weighted by Crippen LogP contribution is -2.47. The summed E-state index contributed by atoms with van der Waals surface area (Å²) in [7, 11) is 0. The summed E-state index contributed by atoms with van der Waals surface area (Å²) in [5, 5.41) is 12.2. The number of nitrogens with one attached hydrogen (secondary N) is 1. The number of hydrogen-bond acceptors (Lipinski definition) is 7. The third-order valence-electron chi connectivity index (χ3n) is 7.37. The summed E-state index contributed by atoms with van der Waals surface area (Å²) in [6.45, 7) is 9.03. The smallest absolute Gasteiger partial charge is 0.408 e. The van der Waals surface area contributed by atoms with Gasteiger partial charge in [-0.1, -0.05) is 25.1 Å². The van der Waals surface area contributed by atoms with Gasteiger partial charge in [-0.25, -0.2) is 9.59 Å². The summed E-state index contributed by atoms with van der Waals surface area (Å²) in [5.74, 6) is -2.10. The number of amides is 1. The van der Waals surface area contributed by atoms with Gasteiger partial charge in [0.2, 0.25) is 11.6 Å². The number of carbonyl (C=O) groups excluding carboxylic acids is 1. The Morgan fingerprint density at radius 3 is 2.54 bits per heavy atom. The van der Waals surface area contributed by atoms with E-state index in [-0.39, 0.29) is 12.3 Å². The highest BCUT2D eigenvalue weighted by Crippen LogP contribution is 2.47. The fourth-order valence-corrected chi connectivity index (χ4v) is 5.67. The molecule has 1 amide bonds. The molecule has 1 heterocycles. The number of ether oxygens (including phenoxy) is 2. The third kappa shape index (κ3) is 8.47. The molecule has 1 saturated carbocycles. The summed E-state index contributed by atoms with van der Waals surface area (Å²) in [5.41, 5.74) is 1.70. The van der Waals surface area contributed by atoms with Gasteiger partial charge in [0.15, 0.2) is 0 Å². The van der Waals surface area contributed by atoms with Gasteiger partial charge in [0.05, 0.1) is 0 Å². The van der Waals surface area contributed by atoms with Crippen LogP contribution in [0.3, 0.4) is 0 Å². The molecule has 3 rings (SSSR count). The lowest BCUT2D eigenvalue weighted by Gasteiger charge is -2.36. The minimum atomic E-state index is -1.16. The molecular formula is C28H40Cl2N2O7. The molecule has 1 aliphatic carbocycles. The number of halogens is 2. The minimum absolute atomic E-state index is 0.0630. The Bertz CT molecular complexity index is 960. The Balaban J connectivity index is 1.57. The average molecular weight is 588 g/mol. The van der Waals surface area contributed by atoms with E-state index in [1.807, 2.05) is 37.3 Å². The first-order valence-corrected chi connectivity index (χ1v) is 14.6. The minimum Gasteiger partial charge on any atom is -0.480 e. The van der Waals surface area contributed by atoms with Crippen LogP contribution in [0.4, 0.5) is 10.5 Å². The molecule has 0 aromatic heterocycles. The molecule has 1 aliphatic heterocycles. The number of anilines is 1. The number of carbonyl (C=O) groups is 2. The highest BCUT2D eigenvalue weighted by Gasteiger charge is 2.55. The number of hydrogen-bond donors (Lipinski definition) is 2. The van der Waals surface area contributed by atoms with Crippen LogP contribution in [0.25, 0.3) is 0 Å². The van der Waals surface area contributed by atoms with Crippen LogP contribution in [-0.2, 0) is 30.5 Å². The summed E-state index contributed by atoms with van der Waals surface area (Å²) in [6, 6.07) is 6.30. The Kier molecular flexibility index (Phi) is 11.7. The van der Waals surface area contributed by atoms with Crippen LogP contribution in [0.2, 0.25) is 0 Å². The zero-order valence-corrected chi connectivity index (χ0v) is 24.2. The molecule has 2 fully saturated rings. The maximum Gasteiger partial charge on any atom is 0.408 e. The highest BCUT2D eigenvalue weighted by atomic mass is 35.5. The lowest BCUT2D eigenvalue weighted by molar-refractivity contribution is -0.361. The zero-order chi connectivity index (χ0) is 28.5. The summed E-state index contributed by atoms with van der Waals surface area (Å²) in [4.78, 5) is 38.1. The topological polar surface area (TPSA) is 107 Å². The monoisotopic (exact) mass is 586 g/mol. The number of allylic oxidation sites excluding steroid dienone is 1.